The third kappa shape index (κ3) is 3.67. The lowest BCUT2D eigenvalue weighted by Crippen LogP contribution is -2.52. The van der Waals surface area contributed by atoms with E-state index >= 15 is 0 Å². The monoisotopic (exact) mass is 331 g/mol. The topological polar surface area (TPSA) is 108 Å². The Morgan fingerprint density at radius 1 is 1.12 bits per heavy atom. The van der Waals surface area contributed by atoms with Crippen LogP contribution in [0.5, 0.6) is 0 Å². The molecule has 0 aromatic heterocycles. The van der Waals surface area contributed by atoms with Crippen molar-refractivity contribution in [2.75, 3.05) is 5.32 Å². The van der Waals surface area contributed by atoms with Crippen LogP contribution >= 0.6 is 0 Å². The molecule has 0 unspecified atom stereocenters. The van der Waals surface area contributed by atoms with Crippen molar-refractivity contribution in [1.29, 1.82) is 0 Å². The highest BCUT2D eigenvalue weighted by Crippen LogP contribution is 2.30. The van der Waals surface area contributed by atoms with Gasteiger partial charge in [-0.25, -0.2) is 9.59 Å². The Morgan fingerprint density at radius 2 is 1.83 bits per heavy atom. The minimum absolute atomic E-state index is 0.245. The molecule has 0 bridgehead atoms. The number of carbonyl (C=O) groups is 3. The van der Waals surface area contributed by atoms with Crippen molar-refractivity contribution in [3.8, 4) is 0 Å². The summed E-state index contributed by atoms with van der Waals surface area (Å²) in [6, 6.07) is 6.44. The highest BCUT2D eigenvalue weighted by molar-refractivity contribution is 5.99. The Bertz CT molecular complexity index is 664. The molecule has 7 nitrogen and oxygen atoms in total. The third-order valence-corrected chi connectivity index (χ3v) is 4.51. The summed E-state index contributed by atoms with van der Waals surface area (Å²) in [6.07, 6.45) is 4.44. The first-order chi connectivity index (χ1) is 11.5. The number of rotatable bonds is 5. The van der Waals surface area contributed by atoms with Gasteiger partial charge in [0.1, 0.15) is 5.54 Å². The quantitative estimate of drug-likeness (QED) is 0.662. The second-order valence-electron chi connectivity index (χ2n) is 6.50. The zero-order valence-corrected chi connectivity index (χ0v) is 13.3. The number of amides is 3. The van der Waals surface area contributed by atoms with Crippen molar-refractivity contribution >= 4 is 23.6 Å². The van der Waals surface area contributed by atoms with Crippen molar-refractivity contribution in [2.45, 2.75) is 50.1 Å². The van der Waals surface area contributed by atoms with Crippen molar-refractivity contribution in [3.63, 3.8) is 0 Å². The number of hydrogen-bond donors (Lipinski definition) is 4. The highest BCUT2D eigenvalue weighted by Gasteiger charge is 2.42. The Hall–Kier alpha value is -2.57. The Kier molecular flexibility index (Phi) is 4.42. The zero-order valence-electron chi connectivity index (χ0n) is 13.3. The van der Waals surface area contributed by atoms with Crippen LogP contribution in [-0.4, -0.2) is 34.6 Å². The second kappa shape index (κ2) is 6.51. The first-order valence-electron chi connectivity index (χ1n) is 8.22. The first kappa shape index (κ1) is 16.3. The van der Waals surface area contributed by atoms with Crippen LogP contribution < -0.4 is 16.0 Å². The Balaban J connectivity index is 1.67. The summed E-state index contributed by atoms with van der Waals surface area (Å²) in [7, 11) is 0. The molecule has 0 saturated heterocycles. The maximum atomic E-state index is 12.4. The van der Waals surface area contributed by atoms with E-state index in [0.29, 0.717) is 24.1 Å². The molecule has 24 heavy (non-hydrogen) atoms. The van der Waals surface area contributed by atoms with Gasteiger partial charge in [-0.1, -0.05) is 18.9 Å². The molecule has 2 fully saturated rings. The van der Waals surface area contributed by atoms with Gasteiger partial charge in [0.05, 0.1) is 0 Å². The van der Waals surface area contributed by atoms with E-state index in [2.05, 4.69) is 16.0 Å². The lowest BCUT2D eigenvalue weighted by molar-refractivity contribution is -0.144. The van der Waals surface area contributed by atoms with Crippen LogP contribution in [0.2, 0.25) is 0 Å². The molecule has 0 atom stereocenters. The molecular weight excluding hydrogens is 310 g/mol. The van der Waals surface area contributed by atoms with Gasteiger partial charge in [-0.2, -0.15) is 0 Å². The fourth-order valence-corrected chi connectivity index (χ4v) is 2.98. The molecule has 0 heterocycles. The van der Waals surface area contributed by atoms with E-state index in [-0.39, 0.29) is 12.1 Å². The van der Waals surface area contributed by atoms with Crippen LogP contribution in [0.25, 0.3) is 0 Å². The number of nitrogens with one attached hydrogen (secondary N) is 3. The minimum Gasteiger partial charge on any atom is -0.480 e. The lowest BCUT2D eigenvalue weighted by atomic mass is 9.97. The molecule has 2 saturated carbocycles. The fraction of sp³-hybridized carbons (Fsp3) is 0.471. The number of urea groups is 1. The zero-order chi connectivity index (χ0) is 17.2. The van der Waals surface area contributed by atoms with Crippen molar-refractivity contribution in [2.24, 2.45) is 0 Å². The highest BCUT2D eigenvalue weighted by atomic mass is 16.4. The van der Waals surface area contributed by atoms with E-state index in [0.717, 1.165) is 25.7 Å². The van der Waals surface area contributed by atoms with Crippen molar-refractivity contribution in [3.05, 3.63) is 29.8 Å². The van der Waals surface area contributed by atoms with Gasteiger partial charge < -0.3 is 21.1 Å². The SMILES string of the molecule is O=C(Nc1cccc(C(=O)NC2(C(=O)O)CCCC2)c1)NC1CC1. The summed E-state index contributed by atoms with van der Waals surface area (Å²) in [5.74, 6) is -1.43. The molecule has 2 aliphatic carbocycles. The van der Waals surface area contributed by atoms with Crippen molar-refractivity contribution in [1.82, 2.24) is 10.6 Å². The summed E-state index contributed by atoms with van der Waals surface area (Å²) in [4.78, 5) is 35.7. The molecular formula is C17H21N3O4. The predicted octanol–water partition coefficient (Wildman–Crippen LogP) is 2.10. The van der Waals surface area contributed by atoms with Gasteiger partial charge in [0, 0.05) is 17.3 Å². The molecule has 7 heteroatoms. The average molecular weight is 331 g/mol. The van der Waals surface area contributed by atoms with Crippen LogP contribution in [0.4, 0.5) is 10.5 Å². The lowest BCUT2D eigenvalue weighted by Gasteiger charge is -2.25. The molecule has 3 amide bonds. The molecule has 4 N–H and O–H groups in total. The summed E-state index contributed by atoms with van der Waals surface area (Å²) in [5, 5.41) is 17.6. The van der Waals surface area contributed by atoms with E-state index < -0.39 is 17.4 Å². The maximum absolute atomic E-state index is 12.4. The molecule has 3 rings (SSSR count). The molecule has 1 aromatic rings. The first-order valence-corrected chi connectivity index (χ1v) is 8.22. The van der Waals surface area contributed by atoms with Gasteiger partial charge in [0.25, 0.3) is 5.91 Å². The predicted molar refractivity (Wildman–Crippen MR) is 87.9 cm³/mol. The summed E-state index contributed by atoms with van der Waals surface area (Å²) >= 11 is 0. The average Bonchev–Trinajstić information content (AvgIpc) is 3.22. The number of aliphatic carboxylic acids is 1. The Labute approximate surface area is 139 Å². The maximum Gasteiger partial charge on any atom is 0.329 e. The van der Waals surface area contributed by atoms with Crippen LogP contribution in [0, 0.1) is 0 Å². The number of benzene rings is 1. The van der Waals surface area contributed by atoms with Gasteiger partial charge in [0.15, 0.2) is 0 Å². The van der Waals surface area contributed by atoms with Crippen molar-refractivity contribution < 1.29 is 19.5 Å². The third-order valence-electron chi connectivity index (χ3n) is 4.51. The van der Waals surface area contributed by atoms with Gasteiger partial charge in [-0.3, -0.25) is 4.79 Å². The van der Waals surface area contributed by atoms with E-state index in [9.17, 15) is 19.5 Å². The molecule has 128 valence electrons. The standard InChI is InChI=1S/C17H21N3O4/c21-14(20-17(15(22)23)8-1-2-9-17)11-4-3-5-13(10-11)19-16(24)18-12-6-7-12/h3-5,10,12H,1-2,6-9H2,(H,20,21)(H,22,23)(H2,18,19,24). The van der Waals surface area contributed by atoms with E-state index in [4.69, 9.17) is 0 Å². The van der Waals surface area contributed by atoms with Gasteiger partial charge in [0.2, 0.25) is 0 Å². The number of carbonyl (C=O) groups excluding carboxylic acids is 2. The minimum atomic E-state index is -1.18. The molecule has 1 aromatic carbocycles. The largest absolute Gasteiger partial charge is 0.480 e. The number of carboxylic acids is 1. The smallest absolute Gasteiger partial charge is 0.329 e. The van der Waals surface area contributed by atoms with Gasteiger partial charge in [-0.05, 0) is 43.9 Å². The fourth-order valence-electron chi connectivity index (χ4n) is 2.98. The molecule has 0 spiro atoms. The molecule has 0 radical (unpaired) electrons. The molecule has 0 aliphatic heterocycles. The number of anilines is 1. The van der Waals surface area contributed by atoms with Crippen LogP contribution in [0.1, 0.15) is 48.9 Å². The molecule has 2 aliphatic rings. The Morgan fingerprint density at radius 3 is 2.46 bits per heavy atom. The second-order valence-corrected chi connectivity index (χ2v) is 6.50. The van der Waals surface area contributed by atoms with Gasteiger partial charge >= 0.3 is 12.0 Å². The van der Waals surface area contributed by atoms with Crippen LogP contribution in [0.3, 0.4) is 0 Å². The number of hydrogen-bond acceptors (Lipinski definition) is 3. The summed E-state index contributed by atoms with van der Waals surface area (Å²) in [5.41, 5.74) is -0.354. The summed E-state index contributed by atoms with van der Waals surface area (Å²) in [6.45, 7) is 0. The number of carboxylic acid groups (broad SMARTS) is 1. The van der Waals surface area contributed by atoms with Gasteiger partial charge in [-0.15, -0.1) is 0 Å². The van der Waals surface area contributed by atoms with E-state index in [1.165, 1.54) is 0 Å². The summed E-state index contributed by atoms with van der Waals surface area (Å²) < 4.78 is 0. The van der Waals surface area contributed by atoms with Crippen LogP contribution in [0.15, 0.2) is 24.3 Å². The van der Waals surface area contributed by atoms with Crippen LogP contribution in [-0.2, 0) is 4.79 Å². The van der Waals surface area contributed by atoms with E-state index in [1.807, 2.05) is 0 Å². The normalized spacial score (nSPS) is 18.7. The van der Waals surface area contributed by atoms with E-state index in [1.54, 1.807) is 24.3 Å².